The van der Waals surface area contributed by atoms with E-state index in [0.29, 0.717) is 22.0 Å². The molecular weight excluding hydrogens is 366 g/mol. The Morgan fingerprint density at radius 2 is 1.95 bits per heavy atom. The summed E-state index contributed by atoms with van der Waals surface area (Å²) >= 11 is 10.7. The molecule has 0 atom stereocenters. The minimum absolute atomic E-state index is 0.254. The van der Waals surface area contributed by atoms with E-state index >= 15 is 0 Å². The van der Waals surface area contributed by atoms with Crippen LogP contribution in [0.3, 0.4) is 0 Å². The Labute approximate surface area is 136 Å². The standard InChI is InChI=1S/C12H17BrClN3O2S/c1-12(2,3)19-11(18)17-6-4-16(5-7-17)10-15-8(13)9(14)20-10/h4-7H2,1-3H3. The fraction of sp³-hybridized carbons (Fsp3) is 0.667. The van der Waals surface area contributed by atoms with Gasteiger partial charge in [0.25, 0.3) is 0 Å². The van der Waals surface area contributed by atoms with E-state index in [9.17, 15) is 4.79 Å². The van der Waals surface area contributed by atoms with Crippen molar-refractivity contribution in [3.8, 4) is 0 Å². The van der Waals surface area contributed by atoms with Crippen LogP contribution in [0.15, 0.2) is 4.60 Å². The van der Waals surface area contributed by atoms with Gasteiger partial charge < -0.3 is 14.5 Å². The molecule has 1 amide bonds. The molecule has 0 unspecified atom stereocenters. The molecule has 0 bridgehead atoms. The van der Waals surface area contributed by atoms with Gasteiger partial charge in [0.2, 0.25) is 0 Å². The van der Waals surface area contributed by atoms with Crippen LogP contribution in [0.1, 0.15) is 20.8 Å². The van der Waals surface area contributed by atoms with Crippen molar-refractivity contribution in [1.29, 1.82) is 0 Å². The Kier molecular flexibility index (Phi) is 4.81. The van der Waals surface area contributed by atoms with E-state index in [-0.39, 0.29) is 6.09 Å². The molecule has 0 aromatic carbocycles. The maximum atomic E-state index is 12.0. The molecule has 0 N–H and O–H groups in total. The third kappa shape index (κ3) is 3.99. The van der Waals surface area contributed by atoms with Gasteiger partial charge in [-0.1, -0.05) is 22.9 Å². The molecule has 1 aromatic heterocycles. The summed E-state index contributed by atoms with van der Waals surface area (Å²) in [4.78, 5) is 20.2. The molecule has 0 aliphatic carbocycles. The number of thiazole rings is 1. The van der Waals surface area contributed by atoms with Crippen LogP contribution in [0.2, 0.25) is 4.34 Å². The smallest absolute Gasteiger partial charge is 0.410 e. The number of carbonyl (C=O) groups is 1. The second kappa shape index (κ2) is 6.07. The summed E-state index contributed by atoms with van der Waals surface area (Å²) in [6, 6.07) is 0. The van der Waals surface area contributed by atoms with E-state index < -0.39 is 5.60 Å². The maximum Gasteiger partial charge on any atom is 0.410 e. The number of ether oxygens (including phenoxy) is 1. The quantitative estimate of drug-likeness (QED) is 0.744. The lowest BCUT2D eigenvalue weighted by Crippen LogP contribution is -2.50. The first kappa shape index (κ1) is 15.9. The fourth-order valence-electron chi connectivity index (χ4n) is 1.82. The average Bonchev–Trinajstić information content (AvgIpc) is 2.68. The van der Waals surface area contributed by atoms with Gasteiger partial charge in [-0.05, 0) is 36.7 Å². The summed E-state index contributed by atoms with van der Waals surface area (Å²) in [5, 5.41) is 0.880. The van der Waals surface area contributed by atoms with Gasteiger partial charge in [-0.3, -0.25) is 0 Å². The number of hydrogen-bond donors (Lipinski definition) is 0. The van der Waals surface area contributed by atoms with Crippen LogP contribution in [-0.2, 0) is 4.74 Å². The number of rotatable bonds is 1. The maximum absolute atomic E-state index is 12.0. The van der Waals surface area contributed by atoms with E-state index in [1.54, 1.807) is 4.90 Å². The summed E-state index contributed by atoms with van der Waals surface area (Å²) < 4.78 is 6.69. The second-order valence-corrected chi connectivity index (χ2v) is 7.85. The van der Waals surface area contributed by atoms with E-state index in [4.69, 9.17) is 16.3 Å². The summed E-state index contributed by atoms with van der Waals surface area (Å²) in [7, 11) is 0. The molecule has 20 heavy (non-hydrogen) atoms. The minimum Gasteiger partial charge on any atom is -0.444 e. The molecule has 1 fully saturated rings. The lowest BCUT2D eigenvalue weighted by atomic mass is 10.2. The molecule has 5 nitrogen and oxygen atoms in total. The average molecular weight is 383 g/mol. The topological polar surface area (TPSA) is 45.7 Å². The number of aromatic nitrogens is 1. The lowest BCUT2D eigenvalue weighted by molar-refractivity contribution is 0.0240. The Bertz CT molecular complexity index is 476. The molecule has 1 aliphatic heterocycles. The van der Waals surface area contributed by atoms with Crippen LogP contribution in [0.4, 0.5) is 9.93 Å². The predicted octanol–water partition coefficient (Wildman–Crippen LogP) is 3.62. The highest BCUT2D eigenvalue weighted by Crippen LogP contribution is 2.34. The lowest BCUT2D eigenvalue weighted by Gasteiger charge is -2.35. The molecular formula is C12H17BrClN3O2S. The number of halogens is 2. The van der Waals surface area contributed by atoms with E-state index in [1.165, 1.54) is 11.3 Å². The predicted molar refractivity (Wildman–Crippen MR) is 84.8 cm³/mol. The number of anilines is 1. The van der Waals surface area contributed by atoms with Crippen molar-refractivity contribution >= 4 is 50.1 Å². The van der Waals surface area contributed by atoms with Crippen molar-refractivity contribution in [3.05, 3.63) is 8.94 Å². The Morgan fingerprint density at radius 3 is 2.40 bits per heavy atom. The number of amides is 1. The third-order valence-electron chi connectivity index (χ3n) is 2.74. The van der Waals surface area contributed by atoms with Crippen molar-refractivity contribution in [2.75, 3.05) is 31.1 Å². The number of piperazine rings is 1. The molecule has 2 heterocycles. The van der Waals surface area contributed by atoms with E-state index in [2.05, 4.69) is 25.8 Å². The van der Waals surface area contributed by atoms with Crippen molar-refractivity contribution in [1.82, 2.24) is 9.88 Å². The Balaban J connectivity index is 1.91. The monoisotopic (exact) mass is 381 g/mol. The van der Waals surface area contributed by atoms with Gasteiger partial charge in [-0.2, -0.15) is 0 Å². The number of hydrogen-bond acceptors (Lipinski definition) is 5. The molecule has 112 valence electrons. The Morgan fingerprint density at radius 1 is 1.35 bits per heavy atom. The van der Waals surface area contributed by atoms with Crippen LogP contribution in [-0.4, -0.2) is 47.8 Å². The van der Waals surface area contributed by atoms with E-state index in [1.807, 2.05) is 20.8 Å². The van der Waals surface area contributed by atoms with Crippen molar-refractivity contribution < 1.29 is 9.53 Å². The highest BCUT2D eigenvalue weighted by Gasteiger charge is 2.27. The van der Waals surface area contributed by atoms with Crippen molar-refractivity contribution in [2.24, 2.45) is 0 Å². The van der Waals surface area contributed by atoms with Crippen LogP contribution < -0.4 is 4.90 Å². The molecule has 1 saturated heterocycles. The largest absolute Gasteiger partial charge is 0.444 e. The fourth-order valence-corrected chi connectivity index (χ4v) is 3.33. The zero-order chi connectivity index (χ0) is 14.9. The van der Waals surface area contributed by atoms with Gasteiger partial charge in [0.15, 0.2) is 5.13 Å². The summed E-state index contributed by atoms with van der Waals surface area (Å²) in [5.41, 5.74) is -0.456. The molecule has 0 radical (unpaired) electrons. The normalized spacial score (nSPS) is 16.4. The number of nitrogens with zero attached hydrogens (tertiary/aromatic N) is 3. The molecule has 1 aliphatic rings. The first-order chi connectivity index (χ1) is 9.26. The summed E-state index contributed by atoms with van der Waals surface area (Å²) in [6.45, 7) is 8.33. The SMILES string of the molecule is CC(C)(C)OC(=O)N1CCN(c2nc(Br)c(Cl)s2)CC1. The van der Waals surface area contributed by atoms with Gasteiger partial charge in [0.05, 0.1) is 0 Å². The molecule has 8 heteroatoms. The van der Waals surface area contributed by atoms with Gasteiger partial charge in [-0.25, -0.2) is 9.78 Å². The van der Waals surface area contributed by atoms with Crippen molar-refractivity contribution in [3.63, 3.8) is 0 Å². The zero-order valence-electron chi connectivity index (χ0n) is 11.7. The van der Waals surface area contributed by atoms with E-state index in [0.717, 1.165) is 18.2 Å². The Hall–Kier alpha value is -0.530. The van der Waals surface area contributed by atoms with Gasteiger partial charge in [-0.15, -0.1) is 0 Å². The first-order valence-corrected chi connectivity index (χ1v) is 8.30. The van der Waals surface area contributed by atoms with Crippen LogP contribution >= 0.6 is 38.9 Å². The zero-order valence-corrected chi connectivity index (χ0v) is 14.8. The molecule has 1 aromatic rings. The third-order valence-corrected chi connectivity index (χ3v) is 5.12. The first-order valence-electron chi connectivity index (χ1n) is 6.31. The van der Waals surface area contributed by atoms with Crippen LogP contribution in [0.5, 0.6) is 0 Å². The minimum atomic E-state index is -0.456. The van der Waals surface area contributed by atoms with Gasteiger partial charge in [0.1, 0.15) is 14.5 Å². The van der Waals surface area contributed by atoms with Gasteiger partial charge >= 0.3 is 6.09 Å². The molecule has 0 saturated carbocycles. The highest BCUT2D eigenvalue weighted by molar-refractivity contribution is 9.10. The van der Waals surface area contributed by atoms with Gasteiger partial charge in [0, 0.05) is 26.2 Å². The highest BCUT2D eigenvalue weighted by atomic mass is 79.9. The summed E-state index contributed by atoms with van der Waals surface area (Å²) in [5.74, 6) is 0. The van der Waals surface area contributed by atoms with Crippen molar-refractivity contribution in [2.45, 2.75) is 26.4 Å². The molecule has 2 rings (SSSR count). The summed E-state index contributed by atoms with van der Waals surface area (Å²) in [6.07, 6.45) is -0.254. The van der Waals surface area contributed by atoms with Crippen LogP contribution in [0.25, 0.3) is 0 Å². The number of carbonyl (C=O) groups excluding carboxylic acids is 1. The molecule has 0 spiro atoms. The van der Waals surface area contributed by atoms with Crippen LogP contribution in [0, 0.1) is 0 Å². The second-order valence-electron chi connectivity index (χ2n) is 5.52.